The van der Waals surface area contributed by atoms with Gasteiger partial charge in [0, 0.05) is 0 Å². The van der Waals surface area contributed by atoms with Crippen molar-refractivity contribution in [3.63, 3.8) is 0 Å². The first kappa shape index (κ1) is 10.6. The Kier molecular flexibility index (Phi) is 7.18. The quantitative estimate of drug-likeness (QED) is 0.411. The van der Waals surface area contributed by atoms with Gasteiger partial charge in [-0.25, -0.2) is 0 Å². The van der Waals surface area contributed by atoms with E-state index in [1.54, 1.807) is 0 Å². The third-order valence-electron chi connectivity index (χ3n) is 0. The SMILES string of the molecule is O=S(=O)(O)O.[S]=[Fe]. The van der Waals surface area contributed by atoms with E-state index in [1.165, 1.54) is 0 Å². The topological polar surface area (TPSA) is 74.6 Å². The van der Waals surface area contributed by atoms with Crippen LogP contribution >= 0.6 is 10.6 Å². The molecule has 0 aliphatic carbocycles. The molecule has 0 bridgehead atoms. The average molecular weight is 186 g/mol. The molecule has 0 saturated carbocycles. The van der Waals surface area contributed by atoms with Crippen LogP contribution in [-0.4, -0.2) is 17.5 Å². The molecule has 0 spiro atoms. The maximum atomic E-state index is 8.74. The van der Waals surface area contributed by atoms with Crippen molar-refractivity contribution in [2.45, 2.75) is 0 Å². The Balaban J connectivity index is 0. The Morgan fingerprint density at radius 1 is 1.29 bits per heavy atom. The van der Waals surface area contributed by atoms with Gasteiger partial charge in [0.25, 0.3) is 0 Å². The van der Waals surface area contributed by atoms with E-state index in [1.807, 2.05) is 0 Å². The fourth-order valence-electron chi connectivity index (χ4n) is 0. The molecular weight excluding hydrogens is 184 g/mol. The molecular formula is H2FeO4S2. The summed E-state index contributed by atoms with van der Waals surface area (Å²) in [5.74, 6) is 0. The van der Waals surface area contributed by atoms with Crippen molar-refractivity contribution in [1.82, 2.24) is 0 Å². The minimum atomic E-state index is -4.67. The van der Waals surface area contributed by atoms with Crippen molar-refractivity contribution in [1.29, 1.82) is 0 Å². The molecule has 46 valence electrons. The van der Waals surface area contributed by atoms with Gasteiger partial charge in [-0.15, -0.1) is 0 Å². The van der Waals surface area contributed by atoms with E-state index >= 15 is 0 Å². The molecule has 0 unspecified atom stereocenters. The molecule has 0 aromatic rings. The van der Waals surface area contributed by atoms with Gasteiger partial charge in [-0.05, 0) is 0 Å². The molecule has 0 amide bonds. The van der Waals surface area contributed by atoms with E-state index in [0.717, 1.165) is 0 Å². The van der Waals surface area contributed by atoms with E-state index in [9.17, 15) is 0 Å². The average Bonchev–Trinajstić information content (AvgIpc) is 1.36. The van der Waals surface area contributed by atoms with Gasteiger partial charge >= 0.3 is 35.3 Å². The van der Waals surface area contributed by atoms with Crippen LogP contribution in [0.5, 0.6) is 0 Å². The molecule has 0 rings (SSSR count). The first-order chi connectivity index (χ1) is 3.00. The Morgan fingerprint density at radius 2 is 1.29 bits per heavy atom. The van der Waals surface area contributed by atoms with Crippen LogP contribution in [0, 0.1) is 0 Å². The molecule has 7 heavy (non-hydrogen) atoms. The van der Waals surface area contributed by atoms with E-state index in [-0.39, 0.29) is 0 Å². The molecule has 2 N–H and O–H groups in total. The molecule has 0 saturated heterocycles. The third-order valence-corrected chi connectivity index (χ3v) is 0. The Labute approximate surface area is 53.2 Å². The summed E-state index contributed by atoms with van der Waals surface area (Å²) >= 11 is 2.83. The van der Waals surface area contributed by atoms with Gasteiger partial charge in [-0.2, -0.15) is 8.42 Å². The second-order valence-electron chi connectivity index (χ2n) is 0.448. The molecule has 0 fully saturated rings. The summed E-state index contributed by atoms with van der Waals surface area (Å²) in [6.45, 7) is 0. The fourth-order valence-corrected chi connectivity index (χ4v) is 0. The van der Waals surface area contributed by atoms with Crippen molar-refractivity contribution in [3.8, 4) is 0 Å². The van der Waals surface area contributed by atoms with Gasteiger partial charge in [0.05, 0.1) is 0 Å². The van der Waals surface area contributed by atoms with Crippen LogP contribution in [0.3, 0.4) is 0 Å². The van der Waals surface area contributed by atoms with Crippen LogP contribution in [0.25, 0.3) is 0 Å². The standard InChI is InChI=1S/Fe.H2O4S.S/c;1-5(2,3)4;/h;(H2,1,2,3,4);. The summed E-state index contributed by atoms with van der Waals surface area (Å²) in [5, 5.41) is 0. The molecule has 0 heterocycles. The second-order valence-corrected chi connectivity index (χ2v) is 1.34. The maximum absolute atomic E-state index is 8.74. The normalized spacial score (nSPS) is 9.00. The zero-order chi connectivity index (χ0) is 6.50. The van der Waals surface area contributed by atoms with Crippen molar-refractivity contribution in [2.24, 2.45) is 0 Å². The van der Waals surface area contributed by atoms with Crippen LogP contribution in [0.2, 0.25) is 0 Å². The van der Waals surface area contributed by atoms with Crippen molar-refractivity contribution in [3.05, 3.63) is 0 Å². The molecule has 0 aromatic heterocycles. The minimum absolute atomic E-state index is 2.83. The van der Waals surface area contributed by atoms with Gasteiger partial charge in [0.2, 0.25) is 0 Å². The molecule has 0 aromatic carbocycles. The zero-order valence-corrected chi connectivity index (χ0v) is 5.62. The van der Waals surface area contributed by atoms with E-state index in [4.69, 9.17) is 17.5 Å². The summed E-state index contributed by atoms with van der Waals surface area (Å²) in [5.41, 5.74) is 0. The van der Waals surface area contributed by atoms with Gasteiger partial charge in [0.15, 0.2) is 0 Å². The first-order valence-corrected chi connectivity index (χ1v) is 3.88. The molecule has 0 radical (unpaired) electrons. The summed E-state index contributed by atoms with van der Waals surface area (Å²) in [6, 6.07) is 0. The Hall–Kier alpha value is 0.609. The number of hydrogen-bond donors (Lipinski definition) is 2. The van der Waals surface area contributed by atoms with Crippen molar-refractivity contribution < 1.29 is 31.9 Å². The van der Waals surface area contributed by atoms with Crippen LogP contribution < -0.4 is 0 Å². The Bertz CT molecular complexity index is 104. The number of rotatable bonds is 0. The van der Waals surface area contributed by atoms with Crippen molar-refractivity contribution >= 4 is 21.0 Å². The summed E-state index contributed by atoms with van der Waals surface area (Å²) in [6.07, 6.45) is 0. The fraction of sp³-hybridized carbons (Fsp3) is 0. The molecule has 0 aliphatic rings. The van der Waals surface area contributed by atoms with Crippen LogP contribution in [0.15, 0.2) is 0 Å². The van der Waals surface area contributed by atoms with Crippen molar-refractivity contribution in [2.75, 3.05) is 0 Å². The van der Waals surface area contributed by atoms with E-state index < -0.39 is 10.4 Å². The predicted molar refractivity (Wildman–Crippen MR) is 21.8 cm³/mol. The predicted octanol–water partition coefficient (Wildman–Crippen LogP) is -0.00710. The monoisotopic (exact) mass is 186 g/mol. The molecule has 4 nitrogen and oxygen atoms in total. The third kappa shape index (κ3) is 378. The van der Waals surface area contributed by atoms with Crippen LogP contribution in [0.1, 0.15) is 0 Å². The van der Waals surface area contributed by atoms with Gasteiger partial charge in [-0.3, -0.25) is 9.11 Å². The summed E-state index contributed by atoms with van der Waals surface area (Å²) in [7, 11) is -0.833. The zero-order valence-electron chi connectivity index (χ0n) is 2.88. The second kappa shape index (κ2) is 4.76. The van der Waals surface area contributed by atoms with Crippen LogP contribution in [0.4, 0.5) is 0 Å². The van der Waals surface area contributed by atoms with Gasteiger partial charge < -0.3 is 0 Å². The molecule has 0 atom stereocenters. The van der Waals surface area contributed by atoms with E-state index in [2.05, 4.69) is 24.9 Å². The van der Waals surface area contributed by atoms with E-state index in [0.29, 0.717) is 0 Å². The number of hydrogen-bond acceptors (Lipinski definition) is 3. The summed E-state index contributed by atoms with van der Waals surface area (Å²) in [4.78, 5) is 0. The first-order valence-electron chi connectivity index (χ1n) is 0.843. The van der Waals surface area contributed by atoms with Gasteiger partial charge in [0.1, 0.15) is 0 Å². The van der Waals surface area contributed by atoms with Crippen LogP contribution in [-0.2, 0) is 24.8 Å². The van der Waals surface area contributed by atoms with Gasteiger partial charge in [-0.1, -0.05) is 0 Å². The molecule has 7 heteroatoms. The Morgan fingerprint density at radius 3 is 1.29 bits per heavy atom. The summed E-state index contributed by atoms with van der Waals surface area (Å²) < 4.78 is 31.6. The molecule has 0 aliphatic heterocycles.